The van der Waals surface area contributed by atoms with E-state index in [0.717, 1.165) is 32.4 Å². The van der Waals surface area contributed by atoms with Crippen molar-refractivity contribution in [3.63, 3.8) is 0 Å². The molecule has 1 fully saturated rings. The maximum Gasteiger partial charge on any atom is 0.310 e. The Morgan fingerprint density at radius 2 is 2.36 bits per heavy atom. The van der Waals surface area contributed by atoms with Crippen molar-refractivity contribution in [2.24, 2.45) is 5.92 Å². The van der Waals surface area contributed by atoms with Gasteiger partial charge in [0.15, 0.2) is 0 Å². The fourth-order valence-corrected chi connectivity index (χ4v) is 2.97. The average Bonchev–Trinajstić information content (AvgIpc) is 3.32. The predicted molar refractivity (Wildman–Crippen MR) is 108 cm³/mol. The molecule has 4 nitrogen and oxygen atoms in total. The minimum Gasteiger partial charge on any atom is -0.465 e. The lowest BCUT2D eigenvalue weighted by Crippen LogP contribution is -2.20. The van der Waals surface area contributed by atoms with E-state index < -0.39 is 0 Å². The third kappa shape index (κ3) is 9.58. The summed E-state index contributed by atoms with van der Waals surface area (Å²) in [4.78, 5) is 12.6. The zero-order valence-corrected chi connectivity index (χ0v) is 16.5. The van der Waals surface area contributed by atoms with Crippen molar-refractivity contribution < 1.29 is 9.53 Å². The maximum absolute atomic E-state index is 11.3. The van der Waals surface area contributed by atoms with Crippen LogP contribution in [0, 0.1) is 5.92 Å². The normalized spacial score (nSPS) is 18.3. The molecule has 25 heavy (non-hydrogen) atoms. The van der Waals surface area contributed by atoms with Gasteiger partial charge >= 0.3 is 5.97 Å². The predicted octanol–water partition coefficient (Wildman–Crippen LogP) is 3.86. The monoisotopic (exact) mass is 364 g/mol. The molecule has 0 spiro atoms. The zero-order valence-electron chi connectivity index (χ0n) is 15.7. The molecule has 2 heterocycles. The van der Waals surface area contributed by atoms with Crippen LogP contribution < -0.4 is 10.6 Å². The van der Waals surface area contributed by atoms with Crippen LogP contribution in [-0.4, -0.2) is 38.8 Å². The summed E-state index contributed by atoms with van der Waals surface area (Å²) in [6, 6.07) is 4.52. The minimum absolute atomic E-state index is 0.0200. The topological polar surface area (TPSA) is 50.4 Å². The largest absolute Gasteiger partial charge is 0.465 e. The van der Waals surface area contributed by atoms with Crippen LogP contribution in [-0.2, 0) is 9.53 Å². The van der Waals surface area contributed by atoms with Gasteiger partial charge in [0, 0.05) is 17.5 Å². The van der Waals surface area contributed by atoms with Crippen molar-refractivity contribution in [3.8, 4) is 0 Å². The lowest BCUT2D eigenvalue weighted by molar-refractivity contribution is -0.147. The number of hydrogen-bond donors (Lipinski definition) is 2. The standard InChI is InChI=1S/C11H15NS.C9H17NO2/c1-3-5-10(12-2)7-8-11-6-4-9-13-11;1-2-3-6-12-9(11)8-4-5-10-7-8/h3-10,12H,1-2H3;8,10H,2-7H2,1H3/b5-3-,8-7+;. The lowest BCUT2D eigenvalue weighted by atomic mass is 10.1. The van der Waals surface area contributed by atoms with Crippen LogP contribution in [0.15, 0.2) is 35.7 Å². The number of ether oxygens (including phenoxy) is 1. The number of unbranched alkanes of at least 4 members (excludes halogenated alkanes) is 1. The quantitative estimate of drug-likeness (QED) is 0.418. The third-order valence-electron chi connectivity index (χ3n) is 3.88. The summed E-state index contributed by atoms with van der Waals surface area (Å²) in [6.07, 6.45) is 11.5. The van der Waals surface area contributed by atoms with Crippen molar-refractivity contribution in [3.05, 3.63) is 40.6 Å². The first kappa shape index (κ1) is 21.6. The van der Waals surface area contributed by atoms with E-state index in [9.17, 15) is 4.79 Å². The van der Waals surface area contributed by atoms with Crippen molar-refractivity contribution >= 4 is 23.4 Å². The van der Waals surface area contributed by atoms with Gasteiger partial charge in [0.1, 0.15) is 0 Å². The molecule has 2 rings (SSSR count). The number of carbonyl (C=O) groups is 1. The Morgan fingerprint density at radius 1 is 1.52 bits per heavy atom. The summed E-state index contributed by atoms with van der Waals surface area (Å²) in [5.74, 6) is 0.0929. The molecule has 1 aromatic heterocycles. The molecule has 0 aromatic carbocycles. The smallest absolute Gasteiger partial charge is 0.310 e. The molecule has 0 saturated carbocycles. The number of allylic oxidation sites excluding steroid dienone is 1. The maximum atomic E-state index is 11.3. The molecule has 140 valence electrons. The van der Waals surface area contributed by atoms with Crippen LogP contribution in [0.2, 0.25) is 0 Å². The molecular formula is C20H32N2O2S. The first-order valence-corrected chi connectivity index (χ1v) is 9.98. The SMILES string of the molecule is C/C=C\C(/C=C/c1cccs1)NC.CCCCOC(=O)C1CCNC1. The number of esters is 1. The van der Waals surface area contributed by atoms with Crippen molar-refractivity contribution in [1.82, 2.24) is 10.6 Å². The van der Waals surface area contributed by atoms with Crippen LogP contribution in [0.25, 0.3) is 6.08 Å². The van der Waals surface area contributed by atoms with Crippen LogP contribution in [0.1, 0.15) is 38.0 Å². The Hall–Kier alpha value is -1.43. The number of nitrogens with one attached hydrogen (secondary N) is 2. The molecule has 5 heteroatoms. The van der Waals surface area contributed by atoms with Gasteiger partial charge in [0.05, 0.1) is 12.5 Å². The number of hydrogen-bond acceptors (Lipinski definition) is 5. The summed E-state index contributed by atoms with van der Waals surface area (Å²) in [6.45, 7) is 6.46. The molecule has 2 unspecified atom stereocenters. The highest BCUT2D eigenvalue weighted by Crippen LogP contribution is 2.11. The van der Waals surface area contributed by atoms with Gasteiger partial charge in [-0.3, -0.25) is 4.79 Å². The van der Waals surface area contributed by atoms with E-state index in [4.69, 9.17) is 4.74 Å². The Bertz CT molecular complexity index is 506. The Labute approximate surface area is 156 Å². The van der Waals surface area contributed by atoms with E-state index in [1.165, 1.54) is 4.88 Å². The van der Waals surface area contributed by atoms with Crippen molar-refractivity contribution in [2.75, 3.05) is 26.7 Å². The highest BCUT2D eigenvalue weighted by molar-refractivity contribution is 7.10. The second-order valence-electron chi connectivity index (χ2n) is 5.93. The van der Waals surface area contributed by atoms with E-state index in [0.29, 0.717) is 12.6 Å². The molecule has 1 aliphatic heterocycles. The van der Waals surface area contributed by atoms with Gasteiger partial charge in [-0.15, -0.1) is 11.3 Å². The Kier molecular flexibility index (Phi) is 11.9. The highest BCUT2D eigenvalue weighted by atomic mass is 32.1. The molecule has 1 saturated heterocycles. The molecule has 0 bridgehead atoms. The lowest BCUT2D eigenvalue weighted by Gasteiger charge is -2.07. The fraction of sp³-hybridized carbons (Fsp3) is 0.550. The van der Waals surface area contributed by atoms with Crippen molar-refractivity contribution in [2.45, 2.75) is 39.2 Å². The van der Waals surface area contributed by atoms with E-state index >= 15 is 0 Å². The van der Waals surface area contributed by atoms with Gasteiger partial charge in [-0.2, -0.15) is 0 Å². The van der Waals surface area contributed by atoms with Crippen LogP contribution >= 0.6 is 11.3 Å². The molecule has 0 aliphatic carbocycles. The summed E-state index contributed by atoms with van der Waals surface area (Å²) in [7, 11) is 1.96. The molecule has 0 radical (unpaired) electrons. The van der Waals surface area contributed by atoms with Gasteiger partial charge in [0.25, 0.3) is 0 Å². The second kappa shape index (κ2) is 13.8. The van der Waals surface area contributed by atoms with E-state index in [-0.39, 0.29) is 11.9 Å². The first-order chi connectivity index (χ1) is 12.2. The van der Waals surface area contributed by atoms with Gasteiger partial charge in [0.2, 0.25) is 0 Å². The van der Waals surface area contributed by atoms with Gasteiger partial charge in [-0.05, 0) is 50.9 Å². The first-order valence-electron chi connectivity index (χ1n) is 9.10. The van der Waals surface area contributed by atoms with Gasteiger partial charge in [-0.1, -0.05) is 37.6 Å². The molecule has 1 aromatic rings. The zero-order chi connectivity index (χ0) is 18.3. The summed E-state index contributed by atoms with van der Waals surface area (Å²) >= 11 is 1.75. The average molecular weight is 365 g/mol. The molecule has 1 aliphatic rings. The number of likely N-dealkylation sites (N-methyl/N-ethyl adjacent to an activating group) is 1. The molecule has 0 amide bonds. The Morgan fingerprint density at radius 3 is 2.92 bits per heavy atom. The number of rotatable bonds is 8. The number of thiophene rings is 1. The summed E-state index contributed by atoms with van der Waals surface area (Å²) < 4.78 is 5.09. The van der Waals surface area contributed by atoms with Crippen LogP contribution in [0.5, 0.6) is 0 Å². The third-order valence-corrected chi connectivity index (χ3v) is 4.72. The van der Waals surface area contributed by atoms with E-state index in [1.54, 1.807) is 11.3 Å². The molecule has 2 atom stereocenters. The molecular weight excluding hydrogens is 332 g/mol. The van der Waals surface area contributed by atoms with E-state index in [1.807, 2.05) is 14.0 Å². The van der Waals surface area contributed by atoms with Gasteiger partial charge in [-0.25, -0.2) is 0 Å². The van der Waals surface area contributed by atoms with Crippen LogP contribution in [0.4, 0.5) is 0 Å². The molecule has 2 N–H and O–H groups in total. The Balaban J connectivity index is 0.000000251. The summed E-state index contributed by atoms with van der Waals surface area (Å²) in [5.41, 5.74) is 0. The summed E-state index contributed by atoms with van der Waals surface area (Å²) in [5, 5.41) is 8.43. The second-order valence-corrected chi connectivity index (χ2v) is 6.90. The number of carbonyl (C=O) groups excluding carboxylic acids is 1. The van der Waals surface area contributed by atoms with E-state index in [2.05, 4.69) is 59.4 Å². The van der Waals surface area contributed by atoms with Gasteiger partial charge < -0.3 is 15.4 Å². The van der Waals surface area contributed by atoms with Crippen LogP contribution in [0.3, 0.4) is 0 Å². The minimum atomic E-state index is -0.0200. The van der Waals surface area contributed by atoms with Crippen molar-refractivity contribution in [1.29, 1.82) is 0 Å². The fourth-order valence-electron chi connectivity index (χ4n) is 2.34. The highest BCUT2D eigenvalue weighted by Gasteiger charge is 2.23.